The molecule has 0 bridgehead atoms. The number of nitrogens with zero attached hydrogens (tertiary/aromatic N) is 1. The smallest absolute Gasteiger partial charge is 0.0718 e. The van der Waals surface area contributed by atoms with Crippen LogP contribution in [0.25, 0.3) is 10.9 Å². The Morgan fingerprint density at radius 3 is 2.81 bits per heavy atom. The van der Waals surface area contributed by atoms with Gasteiger partial charge in [-0.3, -0.25) is 10.8 Å². The lowest BCUT2D eigenvalue weighted by Gasteiger charge is -2.09. The summed E-state index contributed by atoms with van der Waals surface area (Å²) in [5.41, 5.74) is 5.83. The maximum atomic E-state index is 5.54. The number of nitrogen functional groups attached to an aromatic ring is 1. The summed E-state index contributed by atoms with van der Waals surface area (Å²) < 4.78 is 1.06. The van der Waals surface area contributed by atoms with Gasteiger partial charge in [-0.1, -0.05) is 22.0 Å². The first-order valence-corrected chi connectivity index (χ1v) is 6.14. The third kappa shape index (κ3) is 1.68. The number of hydrogen-bond donors (Lipinski definition) is 2. The molecule has 0 spiro atoms. The number of benzene rings is 1. The van der Waals surface area contributed by atoms with Crippen LogP contribution in [0, 0.1) is 0 Å². The molecule has 4 heteroatoms. The number of rotatable bonds is 2. The Morgan fingerprint density at radius 2 is 2.12 bits per heavy atom. The average Bonchev–Trinajstić information content (AvgIpc) is 3.11. The Kier molecular flexibility index (Phi) is 2.33. The van der Waals surface area contributed by atoms with Crippen molar-refractivity contribution in [2.24, 2.45) is 5.84 Å². The van der Waals surface area contributed by atoms with Gasteiger partial charge >= 0.3 is 0 Å². The van der Waals surface area contributed by atoms with Crippen molar-refractivity contribution < 1.29 is 0 Å². The quantitative estimate of drug-likeness (QED) is 0.655. The molecule has 0 radical (unpaired) electrons. The first kappa shape index (κ1) is 10.1. The number of nitrogens with one attached hydrogen (secondary N) is 1. The number of anilines is 1. The molecule has 1 aromatic carbocycles. The first-order valence-electron chi connectivity index (χ1n) is 5.35. The lowest BCUT2D eigenvalue weighted by atomic mass is 10.1. The van der Waals surface area contributed by atoms with E-state index < -0.39 is 0 Å². The van der Waals surface area contributed by atoms with Gasteiger partial charge in [-0.2, -0.15) is 0 Å². The molecule has 0 saturated heterocycles. The van der Waals surface area contributed by atoms with Crippen LogP contribution in [-0.4, -0.2) is 4.98 Å². The highest BCUT2D eigenvalue weighted by molar-refractivity contribution is 9.10. The minimum Gasteiger partial charge on any atom is -0.322 e. The van der Waals surface area contributed by atoms with E-state index in [1.807, 2.05) is 18.2 Å². The zero-order chi connectivity index (χ0) is 11.1. The molecule has 1 aliphatic carbocycles. The van der Waals surface area contributed by atoms with E-state index in [1.54, 1.807) is 0 Å². The van der Waals surface area contributed by atoms with Gasteiger partial charge < -0.3 is 5.43 Å². The van der Waals surface area contributed by atoms with E-state index in [0.717, 1.165) is 26.8 Å². The fourth-order valence-electron chi connectivity index (χ4n) is 1.94. The van der Waals surface area contributed by atoms with Crippen molar-refractivity contribution in [2.45, 2.75) is 18.8 Å². The van der Waals surface area contributed by atoms with Crippen LogP contribution in [0.3, 0.4) is 0 Å². The molecule has 0 amide bonds. The van der Waals surface area contributed by atoms with E-state index in [4.69, 9.17) is 10.8 Å². The number of aromatic nitrogens is 1. The molecule has 0 atom stereocenters. The molecule has 1 heterocycles. The summed E-state index contributed by atoms with van der Waals surface area (Å²) in [7, 11) is 0. The summed E-state index contributed by atoms with van der Waals surface area (Å²) in [6.07, 6.45) is 2.45. The predicted octanol–water partition coefficient (Wildman–Crippen LogP) is 3.16. The van der Waals surface area contributed by atoms with Gasteiger partial charge in [0.15, 0.2) is 0 Å². The summed E-state index contributed by atoms with van der Waals surface area (Å²) in [4.78, 5) is 4.70. The molecule has 16 heavy (non-hydrogen) atoms. The zero-order valence-corrected chi connectivity index (χ0v) is 10.3. The molecule has 1 saturated carbocycles. The average molecular weight is 278 g/mol. The largest absolute Gasteiger partial charge is 0.322 e. The number of nitrogens with two attached hydrogens (primary N) is 1. The molecule has 82 valence electrons. The van der Waals surface area contributed by atoms with Crippen LogP contribution in [0.4, 0.5) is 5.69 Å². The van der Waals surface area contributed by atoms with Gasteiger partial charge in [0, 0.05) is 15.8 Å². The van der Waals surface area contributed by atoms with Gasteiger partial charge in [0.1, 0.15) is 0 Å². The van der Waals surface area contributed by atoms with Crippen LogP contribution in [-0.2, 0) is 0 Å². The van der Waals surface area contributed by atoms with E-state index in [2.05, 4.69) is 27.4 Å². The van der Waals surface area contributed by atoms with Gasteiger partial charge in [0.05, 0.1) is 16.9 Å². The molecule has 3 nitrogen and oxygen atoms in total. The van der Waals surface area contributed by atoms with Crippen LogP contribution < -0.4 is 11.3 Å². The summed E-state index contributed by atoms with van der Waals surface area (Å²) in [5, 5.41) is 1.11. The third-order valence-electron chi connectivity index (χ3n) is 2.93. The SMILES string of the molecule is NNc1cc2ccc(Br)cc2nc1C1CC1. The Balaban J connectivity index is 2.23. The minimum atomic E-state index is 0.592. The van der Waals surface area contributed by atoms with E-state index in [1.165, 1.54) is 12.8 Å². The summed E-state index contributed by atoms with van der Waals surface area (Å²) in [6, 6.07) is 8.18. The fourth-order valence-corrected chi connectivity index (χ4v) is 2.29. The lowest BCUT2D eigenvalue weighted by Crippen LogP contribution is -2.10. The molecule has 3 rings (SSSR count). The number of hydrogen-bond acceptors (Lipinski definition) is 3. The van der Waals surface area contributed by atoms with Crippen molar-refractivity contribution in [1.29, 1.82) is 0 Å². The second-order valence-electron chi connectivity index (χ2n) is 4.18. The standard InChI is InChI=1S/C12H12BrN3/c13-9-4-3-8-5-11(16-14)12(7-1-2-7)15-10(8)6-9/h3-7,16H,1-2,14H2. The molecule has 2 aromatic rings. The van der Waals surface area contributed by atoms with E-state index >= 15 is 0 Å². The highest BCUT2D eigenvalue weighted by Crippen LogP contribution is 2.43. The van der Waals surface area contributed by atoms with Crippen molar-refractivity contribution in [3.63, 3.8) is 0 Å². The molecule has 3 N–H and O–H groups in total. The van der Waals surface area contributed by atoms with Crippen molar-refractivity contribution in [3.8, 4) is 0 Å². The Bertz CT molecular complexity index is 549. The minimum absolute atomic E-state index is 0.592. The van der Waals surface area contributed by atoms with Crippen LogP contribution in [0.5, 0.6) is 0 Å². The predicted molar refractivity (Wildman–Crippen MR) is 69.2 cm³/mol. The van der Waals surface area contributed by atoms with Crippen molar-refractivity contribution in [3.05, 3.63) is 34.4 Å². The number of pyridine rings is 1. The van der Waals surface area contributed by atoms with Gasteiger partial charge in [-0.05, 0) is 31.0 Å². The molecular formula is C12H12BrN3. The highest BCUT2D eigenvalue weighted by Gasteiger charge is 2.27. The second kappa shape index (κ2) is 3.71. The topological polar surface area (TPSA) is 50.9 Å². The maximum Gasteiger partial charge on any atom is 0.0718 e. The number of halogens is 1. The normalized spacial score (nSPS) is 15.4. The van der Waals surface area contributed by atoms with Crippen molar-refractivity contribution >= 4 is 32.5 Å². The molecule has 0 unspecified atom stereocenters. The van der Waals surface area contributed by atoms with Crippen LogP contribution in [0.1, 0.15) is 24.5 Å². The van der Waals surface area contributed by atoms with Crippen LogP contribution in [0.15, 0.2) is 28.7 Å². The number of hydrazine groups is 1. The molecule has 1 fully saturated rings. The van der Waals surface area contributed by atoms with Gasteiger partial charge in [-0.15, -0.1) is 0 Å². The Morgan fingerprint density at radius 1 is 1.31 bits per heavy atom. The second-order valence-corrected chi connectivity index (χ2v) is 5.09. The van der Waals surface area contributed by atoms with Crippen LogP contribution in [0.2, 0.25) is 0 Å². The molecule has 1 aliphatic rings. The number of fused-ring (bicyclic) bond motifs is 1. The monoisotopic (exact) mass is 277 g/mol. The van der Waals surface area contributed by atoms with E-state index in [-0.39, 0.29) is 0 Å². The third-order valence-corrected chi connectivity index (χ3v) is 3.42. The fraction of sp³-hybridized carbons (Fsp3) is 0.250. The van der Waals surface area contributed by atoms with Crippen LogP contribution >= 0.6 is 15.9 Å². The summed E-state index contributed by atoms with van der Waals surface area (Å²) >= 11 is 3.46. The van der Waals surface area contributed by atoms with Gasteiger partial charge in [-0.25, -0.2) is 0 Å². The van der Waals surface area contributed by atoms with E-state index in [9.17, 15) is 0 Å². The lowest BCUT2D eigenvalue weighted by molar-refractivity contribution is 1.04. The Labute approximate surface area is 102 Å². The van der Waals surface area contributed by atoms with Crippen molar-refractivity contribution in [1.82, 2.24) is 4.98 Å². The Hall–Kier alpha value is -1.13. The van der Waals surface area contributed by atoms with Crippen molar-refractivity contribution in [2.75, 3.05) is 5.43 Å². The first-order chi connectivity index (χ1) is 7.78. The summed E-state index contributed by atoms with van der Waals surface area (Å²) in [5.74, 6) is 6.13. The molecule has 1 aromatic heterocycles. The molecular weight excluding hydrogens is 266 g/mol. The highest BCUT2D eigenvalue weighted by atomic mass is 79.9. The molecule has 0 aliphatic heterocycles. The van der Waals surface area contributed by atoms with Gasteiger partial charge in [0.25, 0.3) is 0 Å². The zero-order valence-electron chi connectivity index (χ0n) is 8.70. The van der Waals surface area contributed by atoms with Gasteiger partial charge in [0.2, 0.25) is 0 Å². The van der Waals surface area contributed by atoms with E-state index in [0.29, 0.717) is 5.92 Å². The maximum absolute atomic E-state index is 5.54. The summed E-state index contributed by atoms with van der Waals surface area (Å²) in [6.45, 7) is 0.